The molecule has 1 unspecified atom stereocenters. The molecule has 0 bridgehead atoms. The van der Waals surface area contributed by atoms with Crippen molar-refractivity contribution in [3.8, 4) is 5.75 Å². The number of carbonyl (C=O) groups is 1. The van der Waals surface area contributed by atoms with Gasteiger partial charge in [0.15, 0.2) is 0 Å². The van der Waals surface area contributed by atoms with Gasteiger partial charge in [0.1, 0.15) is 17.3 Å². The standard InChI is InChI=1S/C24H25FN2O3/c1-3-21-17(13-16(2)30-20-9-7-19(25)8-10-20)5-4-6-18(21)14-27-23-15-26-12-11-22(23)24(28)29/h3,7-13,15,18,27H,1,4-6,14H2,2H3,(H,28,29)/b16-13+. The molecular formula is C24H25FN2O3. The Morgan fingerprint density at radius 3 is 2.83 bits per heavy atom. The molecule has 1 heterocycles. The van der Waals surface area contributed by atoms with Gasteiger partial charge in [-0.2, -0.15) is 0 Å². The highest BCUT2D eigenvalue weighted by atomic mass is 19.1. The molecule has 1 aliphatic rings. The summed E-state index contributed by atoms with van der Waals surface area (Å²) in [5, 5.41) is 12.6. The number of carboxylic acids is 1. The first-order valence-electron chi connectivity index (χ1n) is 9.86. The summed E-state index contributed by atoms with van der Waals surface area (Å²) in [5.41, 5.74) is 2.98. The Labute approximate surface area is 175 Å². The lowest BCUT2D eigenvalue weighted by atomic mass is 9.82. The number of ether oxygens (including phenoxy) is 1. The van der Waals surface area contributed by atoms with Crippen LogP contribution < -0.4 is 10.1 Å². The summed E-state index contributed by atoms with van der Waals surface area (Å²) >= 11 is 0. The summed E-state index contributed by atoms with van der Waals surface area (Å²) in [5.74, 6) is 0.203. The van der Waals surface area contributed by atoms with Gasteiger partial charge >= 0.3 is 5.97 Å². The molecule has 0 radical (unpaired) electrons. The Balaban J connectivity index is 1.75. The van der Waals surface area contributed by atoms with Crippen LogP contribution >= 0.6 is 0 Å². The summed E-state index contributed by atoms with van der Waals surface area (Å²) in [7, 11) is 0. The number of aromatic nitrogens is 1. The number of aromatic carboxylic acids is 1. The number of benzene rings is 1. The van der Waals surface area contributed by atoms with Crippen LogP contribution in [0, 0.1) is 11.7 Å². The number of nitrogens with one attached hydrogen (secondary N) is 1. The van der Waals surface area contributed by atoms with E-state index in [1.807, 2.05) is 19.1 Å². The SMILES string of the molecule is C=CC1=C(/C=C(\C)Oc2ccc(F)cc2)CCCC1CNc1cnccc1C(=O)O. The number of hydrogen-bond acceptors (Lipinski definition) is 4. The maximum Gasteiger partial charge on any atom is 0.337 e. The predicted molar refractivity (Wildman–Crippen MR) is 115 cm³/mol. The molecule has 0 fully saturated rings. The van der Waals surface area contributed by atoms with Crippen LogP contribution in [-0.2, 0) is 0 Å². The van der Waals surface area contributed by atoms with Crippen molar-refractivity contribution in [1.82, 2.24) is 4.98 Å². The first-order valence-corrected chi connectivity index (χ1v) is 9.86. The van der Waals surface area contributed by atoms with Crippen LogP contribution in [0.1, 0.15) is 36.5 Å². The van der Waals surface area contributed by atoms with Crippen LogP contribution in [0.4, 0.5) is 10.1 Å². The van der Waals surface area contributed by atoms with Crippen molar-refractivity contribution in [3.63, 3.8) is 0 Å². The maximum absolute atomic E-state index is 13.1. The lowest BCUT2D eigenvalue weighted by molar-refractivity contribution is 0.0697. The number of carboxylic acid groups (broad SMARTS) is 1. The van der Waals surface area contributed by atoms with Crippen molar-refractivity contribution in [1.29, 1.82) is 0 Å². The Hall–Kier alpha value is -3.41. The lowest BCUT2D eigenvalue weighted by Gasteiger charge is -2.27. The largest absolute Gasteiger partial charge is 0.478 e. The minimum absolute atomic E-state index is 0.197. The average molecular weight is 408 g/mol. The van der Waals surface area contributed by atoms with Crippen molar-refractivity contribution >= 4 is 11.7 Å². The number of allylic oxidation sites excluding steroid dienone is 4. The molecule has 156 valence electrons. The van der Waals surface area contributed by atoms with Crippen molar-refractivity contribution in [3.05, 3.63) is 89.7 Å². The Bertz CT molecular complexity index is 980. The normalized spacial score (nSPS) is 16.9. The molecule has 0 aliphatic heterocycles. The van der Waals surface area contributed by atoms with Crippen LogP contribution in [0.2, 0.25) is 0 Å². The Morgan fingerprint density at radius 1 is 1.37 bits per heavy atom. The number of pyridine rings is 1. The van der Waals surface area contributed by atoms with E-state index in [9.17, 15) is 14.3 Å². The third kappa shape index (κ3) is 5.35. The molecule has 0 spiro atoms. The van der Waals surface area contributed by atoms with Gasteiger partial charge < -0.3 is 15.2 Å². The first kappa shape index (κ1) is 21.3. The monoisotopic (exact) mass is 408 g/mol. The van der Waals surface area contributed by atoms with Crippen molar-refractivity contribution in [2.75, 3.05) is 11.9 Å². The molecule has 0 amide bonds. The van der Waals surface area contributed by atoms with E-state index in [1.54, 1.807) is 12.1 Å². The van der Waals surface area contributed by atoms with E-state index < -0.39 is 5.97 Å². The van der Waals surface area contributed by atoms with Gasteiger partial charge in [-0.05, 0) is 73.7 Å². The smallest absolute Gasteiger partial charge is 0.337 e. The molecule has 0 saturated carbocycles. The van der Waals surface area contributed by atoms with Crippen LogP contribution in [-0.4, -0.2) is 22.6 Å². The van der Waals surface area contributed by atoms with Crippen LogP contribution in [0.15, 0.2) is 78.4 Å². The highest BCUT2D eigenvalue weighted by molar-refractivity contribution is 5.93. The fourth-order valence-electron chi connectivity index (χ4n) is 3.68. The summed E-state index contributed by atoms with van der Waals surface area (Å²) in [6, 6.07) is 7.40. The van der Waals surface area contributed by atoms with E-state index in [0.29, 0.717) is 23.7 Å². The first-order chi connectivity index (χ1) is 14.5. The summed E-state index contributed by atoms with van der Waals surface area (Å²) in [4.78, 5) is 15.4. The van der Waals surface area contributed by atoms with E-state index in [1.165, 1.54) is 30.6 Å². The topological polar surface area (TPSA) is 71.5 Å². The van der Waals surface area contributed by atoms with E-state index in [0.717, 1.165) is 30.4 Å². The van der Waals surface area contributed by atoms with Gasteiger partial charge in [0.25, 0.3) is 0 Å². The molecule has 3 rings (SSSR count). The summed E-state index contributed by atoms with van der Waals surface area (Å²) in [6.45, 7) is 6.44. The molecule has 2 N–H and O–H groups in total. The second kappa shape index (κ2) is 9.87. The third-order valence-electron chi connectivity index (χ3n) is 5.09. The van der Waals surface area contributed by atoms with Crippen LogP contribution in [0.5, 0.6) is 5.75 Å². The summed E-state index contributed by atoms with van der Waals surface area (Å²) in [6.07, 6.45) is 9.77. The fraction of sp³-hybridized carbons (Fsp3) is 0.250. The van der Waals surface area contributed by atoms with Crippen molar-refractivity contribution in [2.45, 2.75) is 26.2 Å². The average Bonchev–Trinajstić information content (AvgIpc) is 2.74. The molecule has 1 aromatic heterocycles. The highest BCUT2D eigenvalue weighted by Crippen LogP contribution is 2.33. The quantitative estimate of drug-likeness (QED) is 0.557. The van der Waals surface area contributed by atoms with Gasteiger partial charge in [-0.15, -0.1) is 0 Å². The van der Waals surface area contributed by atoms with Crippen LogP contribution in [0.25, 0.3) is 0 Å². The van der Waals surface area contributed by atoms with Crippen molar-refractivity contribution in [2.24, 2.45) is 5.92 Å². The minimum Gasteiger partial charge on any atom is -0.478 e. The molecule has 2 aromatic rings. The van der Waals surface area contributed by atoms with Gasteiger partial charge in [-0.1, -0.05) is 12.7 Å². The predicted octanol–water partition coefficient (Wildman–Crippen LogP) is 5.60. The zero-order valence-corrected chi connectivity index (χ0v) is 16.9. The van der Waals surface area contributed by atoms with Gasteiger partial charge in [0, 0.05) is 18.7 Å². The molecule has 1 atom stereocenters. The van der Waals surface area contributed by atoms with Gasteiger partial charge in [-0.25, -0.2) is 9.18 Å². The fourth-order valence-corrected chi connectivity index (χ4v) is 3.68. The minimum atomic E-state index is -0.986. The molecule has 0 saturated heterocycles. The number of halogens is 1. The molecule has 6 heteroatoms. The number of hydrogen-bond donors (Lipinski definition) is 2. The van der Waals surface area contributed by atoms with Gasteiger partial charge in [0.2, 0.25) is 0 Å². The maximum atomic E-state index is 13.1. The number of rotatable bonds is 8. The van der Waals surface area contributed by atoms with Gasteiger partial charge in [0.05, 0.1) is 17.4 Å². The van der Waals surface area contributed by atoms with Crippen LogP contribution in [0.3, 0.4) is 0 Å². The molecule has 5 nitrogen and oxygen atoms in total. The zero-order valence-electron chi connectivity index (χ0n) is 16.9. The second-order valence-electron chi connectivity index (χ2n) is 7.19. The molecule has 1 aromatic carbocycles. The zero-order chi connectivity index (χ0) is 21.5. The van der Waals surface area contributed by atoms with E-state index in [-0.39, 0.29) is 17.3 Å². The molecule has 1 aliphatic carbocycles. The molecule has 30 heavy (non-hydrogen) atoms. The highest BCUT2D eigenvalue weighted by Gasteiger charge is 2.21. The van der Waals surface area contributed by atoms with E-state index >= 15 is 0 Å². The molecular weight excluding hydrogens is 383 g/mol. The van der Waals surface area contributed by atoms with Crippen molar-refractivity contribution < 1.29 is 19.0 Å². The number of nitrogens with zero attached hydrogens (tertiary/aromatic N) is 1. The second-order valence-corrected chi connectivity index (χ2v) is 7.19. The van der Waals surface area contributed by atoms with Gasteiger partial charge in [-0.3, -0.25) is 4.98 Å². The Kier molecular flexibility index (Phi) is 7.01. The van der Waals surface area contributed by atoms with E-state index in [4.69, 9.17) is 4.74 Å². The third-order valence-corrected chi connectivity index (χ3v) is 5.09. The Morgan fingerprint density at radius 2 is 2.13 bits per heavy atom. The van der Waals surface area contributed by atoms with E-state index in [2.05, 4.69) is 16.9 Å². The lowest BCUT2D eigenvalue weighted by Crippen LogP contribution is -2.21. The summed E-state index contributed by atoms with van der Waals surface area (Å²) < 4.78 is 18.9. The number of anilines is 1.